The van der Waals surface area contributed by atoms with Crippen LogP contribution in [-0.2, 0) is 4.79 Å². The molecule has 4 N–H and O–H groups in total. The van der Waals surface area contributed by atoms with Gasteiger partial charge in [0, 0.05) is 10.6 Å². The number of hydrogen-bond donors (Lipinski definition) is 3. The summed E-state index contributed by atoms with van der Waals surface area (Å²) in [6.45, 7) is 1.93. The summed E-state index contributed by atoms with van der Waals surface area (Å²) in [6.07, 6.45) is 1.51. The van der Waals surface area contributed by atoms with E-state index in [4.69, 9.17) is 29.0 Å². The van der Waals surface area contributed by atoms with Gasteiger partial charge in [0.15, 0.2) is 0 Å². The second-order valence-corrected chi connectivity index (χ2v) is 7.99. The molecule has 1 unspecified atom stereocenters. The Balaban J connectivity index is 1.52. The molecule has 30 heavy (non-hydrogen) atoms. The van der Waals surface area contributed by atoms with E-state index in [0.717, 1.165) is 5.56 Å². The molecule has 156 valence electrons. The summed E-state index contributed by atoms with van der Waals surface area (Å²) in [6, 6.07) is 14.7. The number of rotatable bonds is 8. The molecule has 0 fully saturated rings. The van der Waals surface area contributed by atoms with Gasteiger partial charge in [-0.1, -0.05) is 71.4 Å². The lowest BCUT2D eigenvalue weighted by Gasteiger charge is -2.13. The fraction of sp³-hybridized carbons (Fsp3) is 0.158. The summed E-state index contributed by atoms with van der Waals surface area (Å²) in [5.41, 5.74) is 4.40. The maximum Gasteiger partial charge on any atom is 0.264 e. The Hall–Kier alpha value is -2.75. The van der Waals surface area contributed by atoms with E-state index in [1.807, 2.05) is 37.3 Å². The lowest BCUT2D eigenvalue weighted by atomic mass is 10.1. The molecule has 0 aliphatic rings. The van der Waals surface area contributed by atoms with Crippen LogP contribution in [0.3, 0.4) is 0 Å². The lowest BCUT2D eigenvalue weighted by molar-refractivity contribution is -0.119. The quantitative estimate of drug-likeness (QED) is 0.203. The smallest absolute Gasteiger partial charge is 0.264 e. The van der Waals surface area contributed by atoms with E-state index in [0.29, 0.717) is 20.8 Å². The number of carbonyl (C=O) groups is 1. The van der Waals surface area contributed by atoms with Gasteiger partial charge < -0.3 is 11.2 Å². The normalized spacial score (nSPS) is 12.1. The molecule has 1 aromatic heterocycles. The van der Waals surface area contributed by atoms with Gasteiger partial charge in [0.05, 0.1) is 23.0 Å². The molecule has 0 aliphatic carbocycles. The Bertz CT molecular complexity index is 1040. The minimum Gasteiger partial charge on any atom is -0.349 e. The number of hydrogen-bond acceptors (Lipinski definition) is 7. The van der Waals surface area contributed by atoms with Crippen molar-refractivity contribution in [1.82, 2.24) is 20.2 Å². The highest BCUT2D eigenvalue weighted by atomic mass is 35.5. The third-order valence-corrected chi connectivity index (χ3v) is 5.51. The summed E-state index contributed by atoms with van der Waals surface area (Å²) in [7, 11) is 0. The predicted octanol–water partition coefficient (Wildman–Crippen LogP) is 3.71. The Morgan fingerprint density at radius 3 is 2.77 bits per heavy atom. The van der Waals surface area contributed by atoms with E-state index in [1.54, 1.807) is 18.2 Å². The van der Waals surface area contributed by atoms with Crippen molar-refractivity contribution >= 4 is 53.0 Å². The van der Waals surface area contributed by atoms with Crippen molar-refractivity contribution < 1.29 is 4.79 Å². The summed E-state index contributed by atoms with van der Waals surface area (Å²) in [4.78, 5) is 12.2. The predicted molar refractivity (Wildman–Crippen MR) is 122 cm³/mol. The van der Waals surface area contributed by atoms with E-state index < -0.39 is 0 Å². The molecule has 2 aromatic carbocycles. The van der Waals surface area contributed by atoms with Crippen LogP contribution in [0.15, 0.2) is 58.8 Å². The summed E-state index contributed by atoms with van der Waals surface area (Å²) < 4.78 is 1.22. The number of thioether (sulfide) groups is 1. The highest BCUT2D eigenvalue weighted by Crippen LogP contribution is 2.20. The van der Waals surface area contributed by atoms with Crippen LogP contribution in [0.5, 0.6) is 0 Å². The van der Waals surface area contributed by atoms with Crippen molar-refractivity contribution in [2.75, 3.05) is 17.0 Å². The first-order chi connectivity index (χ1) is 14.4. The zero-order chi connectivity index (χ0) is 21.5. The van der Waals surface area contributed by atoms with Crippen molar-refractivity contribution in [1.29, 1.82) is 0 Å². The third-order valence-electron chi connectivity index (χ3n) is 4.00. The first-order valence-corrected chi connectivity index (χ1v) is 10.6. The molecule has 1 amide bonds. The second kappa shape index (κ2) is 10.3. The van der Waals surface area contributed by atoms with Crippen molar-refractivity contribution in [3.63, 3.8) is 0 Å². The maximum atomic E-state index is 12.2. The highest BCUT2D eigenvalue weighted by molar-refractivity contribution is 7.99. The van der Waals surface area contributed by atoms with Crippen molar-refractivity contribution in [3.05, 3.63) is 69.7 Å². The fourth-order valence-electron chi connectivity index (χ4n) is 2.46. The Labute approximate surface area is 187 Å². The van der Waals surface area contributed by atoms with Crippen LogP contribution in [0.4, 0.5) is 5.95 Å². The van der Waals surface area contributed by atoms with Gasteiger partial charge in [-0.05, 0) is 24.6 Å². The van der Waals surface area contributed by atoms with E-state index >= 15 is 0 Å². The molecular formula is C19H19Cl2N7OS. The van der Waals surface area contributed by atoms with Gasteiger partial charge in [0.1, 0.15) is 0 Å². The number of nitrogens with two attached hydrogens (primary N) is 1. The van der Waals surface area contributed by atoms with Crippen molar-refractivity contribution in [3.8, 4) is 0 Å². The summed E-state index contributed by atoms with van der Waals surface area (Å²) in [5, 5.41) is 16.3. The second-order valence-electron chi connectivity index (χ2n) is 6.20. The van der Waals surface area contributed by atoms with E-state index in [2.05, 4.69) is 26.0 Å². The zero-order valence-corrected chi connectivity index (χ0v) is 18.2. The van der Waals surface area contributed by atoms with Gasteiger partial charge in [-0.15, -0.1) is 10.2 Å². The van der Waals surface area contributed by atoms with Gasteiger partial charge in [-0.25, -0.2) is 10.1 Å². The van der Waals surface area contributed by atoms with Gasteiger partial charge in [-0.2, -0.15) is 5.10 Å². The number of amides is 1. The number of halogens is 2. The largest absolute Gasteiger partial charge is 0.349 e. The SMILES string of the molecule is CC(NC(=O)CSc1nnc(N/N=C/c2ccc(Cl)cc2Cl)n1N)c1ccccc1. The van der Waals surface area contributed by atoms with E-state index in [9.17, 15) is 4.79 Å². The molecule has 11 heteroatoms. The standard InChI is InChI=1S/C19H19Cl2N7OS/c1-12(13-5-3-2-4-6-13)24-17(29)11-30-19-27-26-18(28(19)22)25-23-10-14-7-8-15(20)9-16(14)21/h2-10,12H,11,22H2,1H3,(H,24,29)(H,25,26)/b23-10+. The molecule has 0 bridgehead atoms. The van der Waals surface area contributed by atoms with Gasteiger partial charge >= 0.3 is 0 Å². The molecule has 0 saturated heterocycles. The van der Waals surface area contributed by atoms with Crippen LogP contribution in [-0.4, -0.2) is 32.7 Å². The summed E-state index contributed by atoms with van der Waals surface area (Å²) >= 11 is 13.1. The first kappa shape index (κ1) is 21.9. The number of nitrogens with one attached hydrogen (secondary N) is 2. The fourth-order valence-corrected chi connectivity index (χ4v) is 3.58. The molecular weight excluding hydrogens is 445 g/mol. The Kier molecular flexibility index (Phi) is 7.56. The monoisotopic (exact) mass is 463 g/mol. The summed E-state index contributed by atoms with van der Waals surface area (Å²) in [5.74, 6) is 6.20. The van der Waals surface area contributed by atoms with Crippen LogP contribution in [0.2, 0.25) is 10.0 Å². The first-order valence-electron chi connectivity index (χ1n) is 8.85. The minimum absolute atomic E-state index is 0.0960. The molecule has 1 heterocycles. The average Bonchev–Trinajstić information content (AvgIpc) is 3.08. The van der Waals surface area contributed by atoms with Crippen LogP contribution in [0.25, 0.3) is 0 Å². The van der Waals surface area contributed by atoms with Crippen LogP contribution in [0.1, 0.15) is 24.1 Å². The molecule has 1 atom stereocenters. The number of nitrogens with zero attached hydrogens (tertiary/aromatic N) is 4. The molecule has 3 aromatic rings. The maximum absolute atomic E-state index is 12.2. The number of nitrogen functional groups attached to an aromatic ring is 1. The number of benzene rings is 2. The minimum atomic E-state index is -0.135. The van der Waals surface area contributed by atoms with Gasteiger partial charge in [-0.3, -0.25) is 4.79 Å². The van der Waals surface area contributed by atoms with Crippen LogP contribution in [0, 0.1) is 0 Å². The van der Waals surface area contributed by atoms with Crippen molar-refractivity contribution in [2.24, 2.45) is 5.10 Å². The molecule has 8 nitrogen and oxygen atoms in total. The van der Waals surface area contributed by atoms with E-state index in [1.165, 1.54) is 22.7 Å². The molecule has 0 radical (unpaired) electrons. The molecule has 0 saturated carbocycles. The number of carbonyl (C=O) groups excluding carboxylic acids is 1. The van der Waals surface area contributed by atoms with Crippen molar-refractivity contribution in [2.45, 2.75) is 18.1 Å². The third kappa shape index (κ3) is 5.88. The number of anilines is 1. The van der Waals surface area contributed by atoms with Gasteiger partial charge in [0.25, 0.3) is 5.95 Å². The molecule has 0 aliphatic heterocycles. The average molecular weight is 464 g/mol. The topological polar surface area (TPSA) is 110 Å². The van der Waals surface area contributed by atoms with Crippen LogP contribution < -0.4 is 16.6 Å². The number of aromatic nitrogens is 3. The highest BCUT2D eigenvalue weighted by Gasteiger charge is 2.14. The van der Waals surface area contributed by atoms with Gasteiger partial charge in [0.2, 0.25) is 11.1 Å². The number of hydrazone groups is 1. The zero-order valence-electron chi connectivity index (χ0n) is 15.9. The Morgan fingerprint density at radius 2 is 2.03 bits per heavy atom. The molecule has 3 rings (SSSR count). The van der Waals surface area contributed by atoms with E-state index in [-0.39, 0.29) is 23.7 Å². The van der Waals surface area contributed by atoms with Crippen LogP contribution >= 0.6 is 35.0 Å². The lowest BCUT2D eigenvalue weighted by Crippen LogP contribution is -2.28. The Morgan fingerprint density at radius 1 is 1.27 bits per heavy atom. The molecule has 0 spiro atoms.